The molecule has 0 aromatic heterocycles. The maximum Gasteiger partial charge on any atom is 0.220 e. The van der Waals surface area contributed by atoms with E-state index in [0.29, 0.717) is 6.61 Å². The van der Waals surface area contributed by atoms with Gasteiger partial charge in [-0.1, -0.05) is 19.1 Å². The number of benzene rings is 1. The van der Waals surface area contributed by atoms with Crippen LogP contribution in [0.3, 0.4) is 0 Å². The van der Waals surface area contributed by atoms with Crippen molar-refractivity contribution in [3.8, 4) is 5.75 Å². The zero-order valence-electron chi connectivity index (χ0n) is 8.32. The minimum absolute atomic E-state index is 0.259. The first-order valence-electron chi connectivity index (χ1n) is 4.72. The highest BCUT2D eigenvalue weighted by Gasteiger charge is 1.96. The second-order valence-corrected chi connectivity index (χ2v) is 3.06. The van der Waals surface area contributed by atoms with Crippen molar-refractivity contribution < 1.29 is 9.53 Å². The molecule has 0 atom stereocenters. The summed E-state index contributed by atoms with van der Waals surface area (Å²) in [5, 5.41) is 0. The highest BCUT2D eigenvalue weighted by atomic mass is 16.5. The van der Waals surface area contributed by atoms with Gasteiger partial charge in [-0.05, 0) is 24.1 Å². The summed E-state index contributed by atoms with van der Waals surface area (Å²) in [6, 6.07) is 7.83. The fraction of sp³-hybridized carbons (Fsp3) is 0.364. The molecule has 1 rings (SSSR count). The number of hydrogen-bond donors (Lipinski definition) is 1. The maximum atomic E-state index is 10.4. The maximum absolute atomic E-state index is 10.4. The minimum Gasteiger partial charge on any atom is -0.493 e. The molecular formula is C11H15NO2. The third kappa shape index (κ3) is 3.47. The number of carbonyl (C=O) groups excluding carboxylic acids is 1. The van der Waals surface area contributed by atoms with Crippen molar-refractivity contribution in [1.82, 2.24) is 0 Å². The Bertz CT molecular complexity index is 293. The molecule has 1 aromatic rings. The molecular weight excluding hydrogens is 178 g/mol. The number of primary amides is 1. The molecule has 2 N–H and O–H groups in total. The van der Waals surface area contributed by atoms with E-state index in [1.54, 1.807) is 0 Å². The third-order valence-electron chi connectivity index (χ3n) is 1.95. The van der Waals surface area contributed by atoms with Crippen LogP contribution in [-0.4, -0.2) is 12.5 Å². The number of aryl methyl sites for hydroxylation is 1. The quantitative estimate of drug-likeness (QED) is 0.770. The summed E-state index contributed by atoms with van der Waals surface area (Å²) in [6.45, 7) is 2.45. The average Bonchev–Trinajstić information content (AvgIpc) is 2.18. The molecule has 0 unspecified atom stereocenters. The van der Waals surface area contributed by atoms with Gasteiger partial charge in [0.1, 0.15) is 5.75 Å². The summed E-state index contributed by atoms with van der Waals surface area (Å²) in [5.41, 5.74) is 6.25. The van der Waals surface area contributed by atoms with Crippen LogP contribution in [0, 0.1) is 0 Å². The molecule has 0 heterocycles. The molecule has 3 heteroatoms. The smallest absolute Gasteiger partial charge is 0.220 e. The van der Waals surface area contributed by atoms with Crippen LogP contribution < -0.4 is 10.5 Å². The van der Waals surface area contributed by atoms with Crippen LogP contribution in [0.25, 0.3) is 0 Å². The van der Waals surface area contributed by atoms with E-state index < -0.39 is 0 Å². The Balaban J connectivity index is 2.40. The van der Waals surface area contributed by atoms with Crippen LogP contribution in [-0.2, 0) is 11.2 Å². The zero-order chi connectivity index (χ0) is 10.4. The van der Waals surface area contributed by atoms with E-state index in [4.69, 9.17) is 10.5 Å². The summed E-state index contributed by atoms with van der Waals surface area (Å²) >= 11 is 0. The van der Waals surface area contributed by atoms with Gasteiger partial charge in [0.05, 0.1) is 13.0 Å². The monoisotopic (exact) mass is 193 g/mol. The van der Waals surface area contributed by atoms with Crippen LogP contribution >= 0.6 is 0 Å². The summed E-state index contributed by atoms with van der Waals surface area (Å²) < 4.78 is 5.32. The highest BCUT2D eigenvalue weighted by molar-refractivity contribution is 5.73. The number of carbonyl (C=O) groups is 1. The van der Waals surface area contributed by atoms with Gasteiger partial charge < -0.3 is 10.5 Å². The Morgan fingerprint density at radius 3 is 2.50 bits per heavy atom. The number of amides is 1. The normalized spacial score (nSPS) is 9.79. The Morgan fingerprint density at radius 2 is 2.00 bits per heavy atom. The van der Waals surface area contributed by atoms with Crippen LogP contribution in [0.5, 0.6) is 5.75 Å². The van der Waals surface area contributed by atoms with Crippen LogP contribution in [0.4, 0.5) is 0 Å². The van der Waals surface area contributed by atoms with E-state index in [-0.39, 0.29) is 12.3 Å². The molecule has 0 aliphatic carbocycles. The first kappa shape index (κ1) is 10.6. The van der Waals surface area contributed by atoms with E-state index in [0.717, 1.165) is 12.2 Å². The van der Waals surface area contributed by atoms with E-state index >= 15 is 0 Å². The Morgan fingerprint density at radius 1 is 1.36 bits per heavy atom. The third-order valence-corrected chi connectivity index (χ3v) is 1.95. The fourth-order valence-electron chi connectivity index (χ4n) is 1.09. The second-order valence-electron chi connectivity index (χ2n) is 3.06. The summed E-state index contributed by atoms with van der Waals surface area (Å²) in [5.74, 6) is 0.443. The lowest BCUT2D eigenvalue weighted by Crippen LogP contribution is -2.14. The first-order chi connectivity index (χ1) is 6.72. The van der Waals surface area contributed by atoms with E-state index in [1.807, 2.05) is 24.3 Å². The summed E-state index contributed by atoms with van der Waals surface area (Å²) in [4.78, 5) is 10.4. The summed E-state index contributed by atoms with van der Waals surface area (Å²) in [6.07, 6.45) is 1.27. The van der Waals surface area contributed by atoms with Gasteiger partial charge >= 0.3 is 0 Å². The molecule has 0 spiro atoms. The molecule has 3 nitrogen and oxygen atoms in total. The lowest BCUT2D eigenvalue weighted by atomic mass is 10.2. The van der Waals surface area contributed by atoms with E-state index in [2.05, 4.69) is 6.92 Å². The van der Waals surface area contributed by atoms with Crippen molar-refractivity contribution in [2.24, 2.45) is 5.73 Å². The van der Waals surface area contributed by atoms with Gasteiger partial charge in [-0.25, -0.2) is 0 Å². The largest absolute Gasteiger partial charge is 0.493 e. The van der Waals surface area contributed by atoms with Crippen LogP contribution in [0.2, 0.25) is 0 Å². The minimum atomic E-state index is -0.338. The molecule has 0 aliphatic heterocycles. The van der Waals surface area contributed by atoms with Gasteiger partial charge in [-0.15, -0.1) is 0 Å². The molecule has 0 radical (unpaired) electrons. The predicted octanol–water partition coefficient (Wildman–Crippen LogP) is 1.50. The van der Waals surface area contributed by atoms with Gasteiger partial charge in [0, 0.05) is 0 Å². The van der Waals surface area contributed by atoms with Gasteiger partial charge in [-0.3, -0.25) is 4.79 Å². The van der Waals surface area contributed by atoms with Crippen molar-refractivity contribution in [2.45, 2.75) is 19.8 Å². The second kappa shape index (κ2) is 5.27. The van der Waals surface area contributed by atoms with Gasteiger partial charge in [0.15, 0.2) is 0 Å². The fourth-order valence-corrected chi connectivity index (χ4v) is 1.09. The first-order valence-corrected chi connectivity index (χ1v) is 4.72. The molecule has 14 heavy (non-hydrogen) atoms. The van der Waals surface area contributed by atoms with Crippen molar-refractivity contribution in [3.05, 3.63) is 29.8 Å². The standard InChI is InChI=1S/C11H15NO2/c1-2-9-3-5-10(6-4-9)14-8-7-11(12)13/h3-6H,2,7-8H2,1H3,(H2,12,13). The summed E-state index contributed by atoms with van der Waals surface area (Å²) in [7, 11) is 0. The number of rotatable bonds is 5. The Kier molecular flexibility index (Phi) is 3.98. The van der Waals surface area contributed by atoms with Crippen LogP contribution in [0.15, 0.2) is 24.3 Å². The topological polar surface area (TPSA) is 52.3 Å². The zero-order valence-corrected chi connectivity index (χ0v) is 8.32. The number of ether oxygens (including phenoxy) is 1. The van der Waals surface area contributed by atoms with E-state index in [1.165, 1.54) is 5.56 Å². The molecule has 76 valence electrons. The molecule has 1 amide bonds. The van der Waals surface area contributed by atoms with Gasteiger partial charge in [0.2, 0.25) is 5.91 Å². The van der Waals surface area contributed by atoms with Gasteiger partial charge in [-0.2, -0.15) is 0 Å². The molecule has 0 saturated heterocycles. The number of nitrogens with two attached hydrogens (primary N) is 1. The SMILES string of the molecule is CCc1ccc(OCCC(N)=O)cc1. The lowest BCUT2D eigenvalue weighted by Gasteiger charge is -2.04. The van der Waals surface area contributed by atoms with Crippen molar-refractivity contribution in [3.63, 3.8) is 0 Å². The van der Waals surface area contributed by atoms with Gasteiger partial charge in [0.25, 0.3) is 0 Å². The molecule has 0 aliphatic rings. The Labute approximate surface area is 83.9 Å². The average molecular weight is 193 g/mol. The molecule has 0 bridgehead atoms. The highest BCUT2D eigenvalue weighted by Crippen LogP contribution is 2.12. The van der Waals surface area contributed by atoms with E-state index in [9.17, 15) is 4.79 Å². The molecule has 0 saturated carbocycles. The molecule has 1 aromatic carbocycles. The molecule has 0 fully saturated rings. The predicted molar refractivity (Wildman–Crippen MR) is 55.1 cm³/mol. The van der Waals surface area contributed by atoms with Crippen molar-refractivity contribution in [2.75, 3.05) is 6.61 Å². The lowest BCUT2D eigenvalue weighted by molar-refractivity contribution is -0.118. The van der Waals surface area contributed by atoms with Crippen molar-refractivity contribution >= 4 is 5.91 Å². The Hall–Kier alpha value is -1.51. The number of hydrogen-bond acceptors (Lipinski definition) is 2. The van der Waals surface area contributed by atoms with Crippen LogP contribution in [0.1, 0.15) is 18.9 Å². The van der Waals surface area contributed by atoms with Crippen molar-refractivity contribution in [1.29, 1.82) is 0 Å².